The van der Waals surface area contributed by atoms with Crippen LogP contribution in [0.3, 0.4) is 0 Å². The van der Waals surface area contributed by atoms with Gasteiger partial charge in [-0.25, -0.2) is 4.98 Å². The van der Waals surface area contributed by atoms with Crippen LogP contribution >= 0.6 is 23.1 Å². The monoisotopic (exact) mass is 453 g/mol. The van der Waals surface area contributed by atoms with Gasteiger partial charge < -0.3 is 4.90 Å². The zero-order valence-electron chi connectivity index (χ0n) is 18.0. The largest absolute Gasteiger partial charge is 0.337 e. The molecule has 0 saturated carbocycles. The molecule has 5 nitrogen and oxygen atoms in total. The summed E-state index contributed by atoms with van der Waals surface area (Å²) in [7, 11) is 0. The molecule has 31 heavy (non-hydrogen) atoms. The van der Waals surface area contributed by atoms with E-state index in [4.69, 9.17) is 4.98 Å². The summed E-state index contributed by atoms with van der Waals surface area (Å²) < 4.78 is 1.75. The van der Waals surface area contributed by atoms with Gasteiger partial charge in [-0.1, -0.05) is 36.0 Å². The molecule has 0 N–H and O–H groups in total. The molecule has 3 aromatic rings. The standard InChI is InChI=1S/C24H27N3O2S2/c1-3-27-23(29)20-18-10-6-7-11-19(18)31-21(20)25-24(27)30-15(2)22(28)26-13-12-16-8-4-5-9-17(16)14-26/h4-5,8-9,15H,3,6-7,10-14H2,1-2H3. The van der Waals surface area contributed by atoms with Crippen molar-refractivity contribution in [2.75, 3.05) is 6.54 Å². The number of carbonyl (C=O) groups is 1. The van der Waals surface area contributed by atoms with Crippen LogP contribution in [0.2, 0.25) is 0 Å². The van der Waals surface area contributed by atoms with Gasteiger partial charge in [0.25, 0.3) is 5.56 Å². The minimum Gasteiger partial charge on any atom is -0.337 e. The van der Waals surface area contributed by atoms with Gasteiger partial charge in [0.05, 0.1) is 10.6 Å². The summed E-state index contributed by atoms with van der Waals surface area (Å²) in [4.78, 5) is 35.5. The van der Waals surface area contributed by atoms with E-state index in [1.54, 1.807) is 15.9 Å². The molecule has 1 amide bonds. The number of aryl methyl sites for hydroxylation is 2. The van der Waals surface area contributed by atoms with Gasteiger partial charge in [-0.05, 0) is 62.6 Å². The zero-order valence-corrected chi connectivity index (χ0v) is 19.7. The maximum Gasteiger partial charge on any atom is 0.263 e. The van der Waals surface area contributed by atoms with Crippen molar-refractivity contribution in [2.24, 2.45) is 0 Å². The van der Waals surface area contributed by atoms with Crippen LogP contribution in [0, 0.1) is 0 Å². The van der Waals surface area contributed by atoms with Gasteiger partial charge in [-0.2, -0.15) is 0 Å². The maximum absolute atomic E-state index is 13.3. The Kier molecular flexibility index (Phi) is 5.65. The fraction of sp³-hybridized carbons (Fsp3) is 0.458. The van der Waals surface area contributed by atoms with E-state index in [0.717, 1.165) is 42.4 Å². The molecule has 0 spiro atoms. The average molecular weight is 454 g/mol. The molecule has 2 aromatic heterocycles. The third-order valence-electron chi connectivity index (χ3n) is 6.43. The first kappa shape index (κ1) is 20.8. The highest BCUT2D eigenvalue weighted by Crippen LogP contribution is 2.35. The average Bonchev–Trinajstić information content (AvgIpc) is 3.17. The van der Waals surface area contributed by atoms with Gasteiger partial charge in [0.2, 0.25) is 5.91 Å². The van der Waals surface area contributed by atoms with E-state index < -0.39 is 0 Å². The predicted molar refractivity (Wildman–Crippen MR) is 127 cm³/mol. The molecule has 0 fully saturated rings. The smallest absolute Gasteiger partial charge is 0.263 e. The van der Waals surface area contributed by atoms with Crippen molar-refractivity contribution in [2.45, 2.75) is 69.4 Å². The Labute approximate surface area is 190 Å². The maximum atomic E-state index is 13.3. The molecule has 162 valence electrons. The van der Waals surface area contributed by atoms with Crippen LogP contribution in [0.15, 0.2) is 34.2 Å². The summed E-state index contributed by atoms with van der Waals surface area (Å²) in [6, 6.07) is 8.35. The predicted octanol–water partition coefficient (Wildman–Crippen LogP) is 4.42. The summed E-state index contributed by atoms with van der Waals surface area (Å²) in [5.74, 6) is 0.113. The van der Waals surface area contributed by atoms with E-state index in [1.807, 2.05) is 24.8 Å². The van der Waals surface area contributed by atoms with Gasteiger partial charge in [0.15, 0.2) is 5.16 Å². The number of nitrogens with zero attached hydrogens (tertiary/aromatic N) is 3. The normalized spacial score (nSPS) is 16.8. The zero-order chi connectivity index (χ0) is 21.5. The van der Waals surface area contributed by atoms with Crippen molar-refractivity contribution in [3.05, 3.63) is 56.2 Å². The van der Waals surface area contributed by atoms with E-state index in [1.165, 1.54) is 39.8 Å². The van der Waals surface area contributed by atoms with Gasteiger partial charge in [-0.15, -0.1) is 11.3 Å². The van der Waals surface area contributed by atoms with Crippen LogP contribution in [-0.2, 0) is 37.1 Å². The number of thioether (sulfide) groups is 1. The first-order chi connectivity index (χ1) is 15.1. The highest BCUT2D eigenvalue weighted by molar-refractivity contribution is 8.00. The quantitative estimate of drug-likeness (QED) is 0.433. The van der Waals surface area contributed by atoms with Crippen molar-refractivity contribution in [1.82, 2.24) is 14.5 Å². The molecular weight excluding hydrogens is 426 g/mol. The van der Waals surface area contributed by atoms with Gasteiger partial charge in [0, 0.05) is 24.5 Å². The molecule has 1 aliphatic heterocycles. The SMILES string of the molecule is CCn1c(SC(C)C(=O)N2CCc3ccccc3C2)nc2sc3c(c2c1=O)CCCC3. The van der Waals surface area contributed by atoms with E-state index in [2.05, 4.69) is 18.2 Å². The molecule has 1 aromatic carbocycles. The summed E-state index contributed by atoms with van der Waals surface area (Å²) in [5.41, 5.74) is 3.84. The lowest BCUT2D eigenvalue weighted by Gasteiger charge is -2.30. The van der Waals surface area contributed by atoms with E-state index in [0.29, 0.717) is 18.2 Å². The Hall–Kier alpha value is -2.12. The van der Waals surface area contributed by atoms with Crippen LogP contribution in [-0.4, -0.2) is 32.2 Å². The molecule has 1 unspecified atom stereocenters. The molecule has 0 radical (unpaired) electrons. The van der Waals surface area contributed by atoms with Gasteiger partial charge >= 0.3 is 0 Å². The minimum atomic E-state index is -0.290. The summed E-state index contributed by atoms with van der Waals surface area (Å²) in [6.45, 7) is 5.87. The van der Waals surface area contributed by atoms with Crippen molar-refractivity contribution >= 4 is 39.2 Å². The number of thiophene rings is 1. The molecule has 3 heterocycles. The summed E-state index contributed by atoms with van der Waals surface area (Å²) in [5, 5.41) is 1.19. The lowest BCUT2D eigenvalue weighted by molar-refractivity contribution is -0.131. The second-order valence-electron chi connectivity index (χ2n) is 8.37. The Morgan fingerprint density at radius 2 is 1.97 bits per heavy atom. The number of hydrogen-bond acceptors (Lipinski definition) is 5. The Bertz CT molecular complexity index is 1210. The van der Waals surface area contributed by atoms with Crippen molar-refractivity contribution in [3.8, 4) is 0 Å². The van der Waals surface area contributed by atoms with Crippen molar-refractivity contribution < 1.29 is 4.79 Å². The number of benzene rings is 1. The van der Waals surface area contributed by atoms with Gasteiger partial charge in [0.1, 0.15) is 4.83 Å². The molecule has 0 saturated heterocycles. The Morgan fingerprint density at radius 1 is 1.19 bits per heavy atom. The second-order valence-corrected chi connectivity index (χ2v) is 10.8. The number of fused-ring (bicyclic) bond motifs is 4. The molecule has 2 aliphatic rings. The summed E-state index contributed by atoms with van der Waals surface area (Å²) >= 11 is 3.09. The fourth-order valence-corrected chi connectivity index (χ4v) is 7.10. The summed E-state index contributed by atoms with van der Waals surface area (Å²) in [6.07, 6.45) is 5.26. The van der Waals surface area contributed by atoms with Gasteiger partial charge in [-0.3, -0.25) is 14.2 Å². The minimum absolute atomic E-state index is 0.0564. The Balaban J connectivity index is 1.42. The topological polar surface area (TPSA) is 55.2 Å². The van der Waals surface area contributed by atoms with Crippen LogP contribution in [0.5, 0.6) is 0 Å². The van der Waals surface area contributed by atoms with Crippen molar-refractivity contribution in [1.29, 1.82) is 0 Å². The number of amides is 1. The molecule has 1 aliphatic carbocycles. The lowest BCUT2D eigenvalue weighted by Crippen LogP contribution is -2.40. The number of rotatable bonds is 4. The first-order valence-corrected chi connectivity index (χ1v) is 12.8. The number of aromatic nitrogens is 2. The fourth-order valence-electron chi connectivity index (χ4n) is 4.74. The van der Waals surface area contributed by atoms with E-state index in [-0.39, 0.29) is 16.7 Å². The first-order valence-electron chi connectivity index (χ1n) is 11.1. The third kappa shape index (κ3) is 3.72. The number of carbonyl (C=O) groups excluding carboxylic acids is 1. The third-order valence-corrected chi connectivity index (χ3v) is 8.69. The molecule has 0 bridgehead atoms. The lowest BCUT2D eigenvalue weighted by atomic mass is 9.97. The molecule has 5 rings (SSSR count). The van der Waals surface area contributed by atoms with Crippen LogP contribution in [0.1, 0.15) is 48.3 Å². The molecular formula is C24H27N3O2S2. The van der Waals surface area contributed by atoms with Crippen LogP contribution in [0.4, 0.5) is 0 Å². The van der Waals surface area contributed by atoms with Crippen LogP contribution < -0.4 is 5.56 Å². The van der Waals surface area contributed by atoms with Crippen LogP contribution in [0.25, 0.3) is 10.2 Å². The molecule has 1 atom stereocenters. The van der Waals surface area contributed by atoms with Crippen molar-refractivity contribution in [3.63, 3.8) is 0 Å². The van der Waals surface area contributed by atoms with E-state index >= 15 is 0 Å². The van der Waals surface area contributed by atoms with E-state index in [9.17, 15) is 9.59 Å². The Morgan fingerprint density at radius 3 is 2.77 bits per heavy atom. The highest BCUT2D eigenvalue weighted by atomic mass is 32.2. The molecule has 7 heteroatoms. The highest BCUT2D eigenvalue weighted by Gasteiger charge is 2.28. The second kappa shape index (κ2) is 8.43. The number of hydrogen-bond donors (Lipinski definition) is 0.